The molecular formula is C18H16F3NO2. The summed E-state index contributed by atoms with van der Waals surface area (Å²) in [6.07, 6.45) is 0.0296. The maximum absolute atomic E-state index is 14.2. The zero-order valence-corrected chi connectivity index (χ0v) is 12.9. The van der Waals surface area contributed by atoms with Crippen molar-refractivity contribution in [1.82, 2.24) is 0 Å². The van der Waals surface area contributed by atoms with Gasteiger partial charge in [0, 0.05) is 11.5 Å². The Kier molecular flexibility index (Phi) is 4.32. The molecule has 0 spiro atoms. The van der Waals surface area contributed by atoms with E-state index >= 15 is 0 Å². The lowest BCUT2D eigenvalue weighted by molar-refractivity contribution is 0.0368. The molecule has 0 saturated heterocycles. The van der Waals surface area contributed by atoms with Crippen molar-refractivity contribution in [2.45, 2.75) is 25.9 Å². The third kappa shape index (κ3) is 3.01. The van der Waals surface area contributed by atoms with Gasteiger partial charge >= 0.3 is 0 Å². The van der Waals surface area contributed by atoms with Gasteiger partial charge in [-0.1, -0.05) is 6.07 Å². The molecule has 24 heavy (non-hydrogen) atoms. The van der Waals surface area contributed by atoms with E-state index in [1.807, 2.05) is 0 Å². The number of carbonyl (C=O) groups is 1. The number of ketones is 1. The van der Waals surface area contributed by atoms with Gasteiger partial charge in [-0.05, 0) is 49.6 Å². The highest BCUT2D eigenvalue weighted by Crippen LogP contribution is 2.35. The lowest BCUT2D eigenvalue weighted by Crippen LogP contribution is -2.34. The Hall–Kier alpha value is -2.34. The fourth-order valence-corrected chi connectivity index (χ4v) is 2.76. The van der Waals surface area contributed by atoms with Crippen molar-refractivity contribution in [2.24, 2.45) is 5.92 Å². The number of carbonyl (C=O) groups excluding carboxylic acids is 1. The summed E-state index contributed by atoms with van der Waals surface area (Å²) >= 11 is 0. The quantitative estimate of drug-likeness (QED) is 0.827. The van der Waals surface area contributed by atoms with Crippen LogP contribution in [0, 0.1) is 30.3 Å². The topological polar surface area (TPSA) is 49.3 Å². The summed E-state index contributed by atoms with van der Waals surface area (Å²) in [5, 5.41) is 11.8. The van der Waals surface area contributed by atoms with Gasteiger partial charge in [0.1, 0.15) is 5.82 Å². The van der Waals surface area contributed by atoms with E-state index in [2.05, 4.69) is 5.32 Å². The normalized spacial score (nSPS) is 19.7. The molecule has 1 aliphatic rings. The number of nitrogens with one attached hydrogen (secondary N) is 1. The molecule has 1 aliphatic carbocycles. The first-order valence-electron chi connectivity index (χ1n) is 7.60. The molecule has 2 N–H and O–H groups in total. The van der Waals surface area contributed by atoms with E-state index in [0.717, 1.165) is 6.07 Å². The van der Waals surface area contributed by atoms with Crippen molar-refractivity contribution in [3.05, 3.63) is 58.9 Å². The summed E-state index contributed by atoms with van der Waals surface area (Å²) < 4.78 is 41.8. The monoisotopic (exact) mass is 335 g/mol. The standard InChI is InChI=1S/C18H16F3NO2/c1-9-2-5-15(14(20)6-9)22-17-12(3-4-13(19)16(17)21)18(24)10-7-11(23)8-10/h2-6,10-11,22-23H,7-8H2,1H3. The first-order valence-corrected chi connectivity index (χ1v) is 7.60. The number of hydrogen-bond acceptors (Lipinski definition) is 3. The van der Waals surface area contributed by atoms with Crippen molar-refractivity contribution in [3.63, 3.8) is 0 Å². The third-order valence-electron chi connectivity index (χ3n) is 4.23. The molecule has 0 atom stereocenters. The fraction of sp³-hybridized carbons (Fsp3) is 0.278. The molecule has 3 rings (SSSR count). The van der Waals surface area contributed by atoms with Crippen molar-refractivity contribution in [1.29, 1.82) is 0 Å². The summed E-state index contributed by atoms with van der Waals surface area (Å²) in [6, 6.07) is 6.32. The minimum absolute atomic E-state index is 0.0483. The molecule has 1 saturated carbocycles. The molecule has 2 aromatic rings. The Labute approximate surface area is 137 Å². The molecule has 0 unspecified atom stereocenters. The molecular weight excluding hydrogens is 319 g/mol. The highest BCUT2D eigenvalue weighted by Gasteiger charge is 2.35. The minimum atomic E-state index is -1.24. The number of rotatable bonds is 4. The average molecular weight is 335 g/mol. The highest BCUT2D eigenvalue weighted by molar-refractivity contribution is 6.03. The predicted molar refractivity (Wildman–Crippen MR) is 83.8 cm³/mol. The number of aliphatic hydroxyl groups is 1. The van der Waals surface area contributed by atoms with Crippen LogP contribution in [-0.2, 0) is 0 Å². The first-order chi connectivity index (χ1) is 11.4. The zero-order chi connectivity index (χ0) is 17.4. The van der Waals surface area contributed by atoms with Gasteiger partial charge in [0.05, 0.1) is 17.5 Å². The van der Waals surface area contributed by atoms with Gasteiger partial charge in [-0.2, -0.15) is 0 Å². The van der Waals surface area contributed by atoms with Gasteiger partial charge in [-0.15, -0.1) is 0 Å². The van der Waals surface area contributed by atoms with Gasteiger partial charge in [-0.3, -0.25) is 4.79 Å². The van der Waals surface area contributed by atoms with Crippen molar-refractivity contribution >= 4 is 17.2 Å². The van der Waals surface area contributed by atoms with Crippen LogP contribution in [0.4, 0.5) is 24.5 Å². The molecule has 126 valence electrons. The van der Waals surface area contributed by atoms with E-state index in [4.69, 9.17) is 0 Å². The van der Waals surface area contributed by atoms with E-state index in [1.54, 1.807) is 13.0 Å². The van der Waals surface area contributed by atoms with Crippen molar-refractivity contribution in [2.75, 3.05) is 5.32 Å². The lowest BCUT2D eigenvalue weighted by Gasteiger charge is -2.30. The molecule has 0 amide bonds. The largest absolute Gasteiger partial charge is 0.393 e. The average Bonchev–Trinajstić information content (AvgIpc) is 2.50. The van der Waals surface area contributed by atoms with Crippen LogP contribution in [0.3, 0.4) is 0 Å². The maximum Gasteiger partial charge on any atom is 0.182 e. The summed E-state index contributed by atoms with van der Waals surface area (Å²) in [4.78, 5) is 12.5. The van der Waals surface area contributed by atoms with Gasteiger partial charge in [0.15, 0.2) is 17.4 Å². The predicted octanol–water partition coefficient (Wildman–Crippen LogP) is 4.11. The minimum Gasteiger partial charge on any atom is -0.393 e. The van der Waals surface area contributed by atoms with Crippen LogP contribution in [0.1, 0.15) is 28.8 Å². The Morgan fingerprint density at radius 3 is 2.46 bits per heavy atom. The number of aliphatic hydroxyl groups excluding tert-OH is 1. The maximum atomic E-state index is 14.2. The molecule has 0 radical (unpaired) electrons. The molecule has 1 fully saturated rings. The number of benzene rings is 2. The Bertz CT molecular complexity index is 801. The van der Waals surface area contributed by atoms with E-state index < -0.39 is 35.3 Å². The smallest absolute Gasteiger partial charge is 0.182 e. The SMILES string of the molecule is Cc1ccc(Nc2c(C(=O)C3CC(O)C3)ccc(F)c2F)c(F)c1. The summed E-state index contributed by atoms with van der Waals surface area (Å²) in [5.74, 6) is -3.82. The molecule has 0 aliphatic heterocycles. The molecule has 0 heterocycles. The van der Waals surface area contributed by atoms with Crippen molar-refractivity contribution in [3.8, 4) is 0 Å². The Morgan fingerprint density at radius 2 is 1.83 bits per heavy atom. The van der Waals surface area contributed by atoms with Gasteiger partial charge < -0.3 is 10.4 Å². The number of Topliss-reactive ketones (excluding diaryl/α,β-unsaturated/α-hetero) is 1. The second-order valence-corrected chi connectivity index (χ2v) is 6.08. The van der Waals surface area contributed by atoms with E-state index in [-0.39, 0.29) is 29.8 Å². The van der Waals surface area contributed by atoms with E-state index in [1.165, 1.54) is 18.2 Å². The van der Waals surface area contributed by atoms with Crippen LogP contribution in [0.15, 0.2) is 30.3 Å². The Balaban J connectivity index is 1.99. The van der Waals surface area contributed by atoms with Crippen LogP contribution in [-0.4, -0.2) is 17.0 Å². The third-order valence-corrected chi connectivity index (χ3v) is 4.23. The van der Waals surface area contributed by atoms with Crippen LogP contribution in [0.5, 0.6) is 0 Å². The van der Waals surface area contributed by atoms with E-state index in [0.29, 0.717) is 5.56 Å². The van der Waals surface area contributed by atoms with Crippen LogP contribution in [0.25, 0.3) is 0 Å². The summed E-state index contributed by atoms with van der Waals surface area (Å²) in [5.41, 5.74) is 0.195. The number of aryl methyl sites for hydroxylation is 1. The number of anilines is 2. The first kappa shape index (κ1) is 16.5. The highest BCUT2D eigenvalue weighted by atomic mass is 19.2. The summed E-state index contributed by atoms with van der Waals surface area (Å²) in [6.45, 7) is 1.70. The molecule has 0 aromatic heterocycles. The van der Waals surface area contributed by atoms with Gasteiger partial charge in [0.2, 0.25) is 0 Å². The number of halogens is 3. The Morgan fingerprint density at radius 1 is 1.12 bits per heavy atom. The second kappa shape index (κ2) is 6.28. The summed E-state index contributed by atoms with van der Waals surface area (Å²) in [7, 11) is 0. The van der Waals surface area contributed by atoms with Gasteiger partial charge in [0.25, 0.3) is 0 Å². The second-order valence-electron chi connectivity index (χ2n) is 6.08. The van der Waals surface area contributed by atoms with Crippen LogP contribution in [0.2, 0.25) is 0 Å². The molecule has 2 aromatic carbocycles. The fourth-order valence-electron chi connectivity index (χ4n) is 2.76. The zero-order valence-electron chi connectivity index (χ0n) is 12.9. The van der Waals surface area contributed by atoms with E-state index in [9.17, 15) is 23.1 Å². The van der Waals surface area contributed by atoms with Gasteiger partial charge in [-0.25, -0.2) is 13.2 Å². The van der Waals surface area contributed by atoms with Crippen LogP contribution >= 0.6 is 0 Å². The molecule has 6 heteroatoms. The number of hydrogen-bond donors (Lipinski definition) is 2. The molecule has 3 nitrogen and oxygen atoms in total. The lowest BCUT2D eigenvalue weighted by atomic mass is 9.77. The van der Waals surface area contributed by atoms with Crippen molar-refractivity contribution < 1.29 is 23.1 Å². The molecule has 0 bridgehead atoms. The van der Waals surface area contributed by atoms with Crippen LogP contribution < -0.4 is 5.32 Å².